The number of urea groups is 1. The van der Waals surface area contributed by atoms with Crippen LogP contribution in [-0.4, -0.2) is 42.5 Å². The Morgan fingerprint density at radius 2 is 2.00 bits per heavy atom. The molecular weight excluding hydrogens is 236 g/mol. The van der Waals surface area contributed by atoms with Crippen molar-refractivity contribution in [1.82, 2.24) is 10.2 Å². The molecule has 4 amide bonds. The van der Waals surface area contributed by atoms with E-state index in [0.29, 0.717) is 13.0 Å². The summed E-state index contributed by atoms with van der Waals surface area (Å²) in [5, 5.41) is 2.16. The third-order valence-electron chi connectivity index (χ3n) is 2.74. The number of ether oxygens (including phenoxy) is 1. The van der Waals surface area contributed by atoms with Crippen LogP contribution in [0.4, 0.5) is 4.79 Å². The Morgan fingerprint density at radius 3 is 2.61 bits per heavy atom. The molecule has 1 saturated heterocycles. The number of barbiturate groups is 1. The van der Waals surface area contributed by atoms with Gasteiger partial charge in [-0.25, -0.2) is 4.79 Å². The molecule has 0 aliphatic carbocycles. The fraction of sp³-hybridized carbons (Fsp3) is 0.583. The number of carbonyl (C=O) groups is 3. The summed E-state index contributed by atoms with van der Waals surface area (Å²) < 4.78 is 5.24. The third kappa shape index (κ3) is 2.95. The van der Waals surface area contributed by atoms with Gasteiger partial charge in [0, 0.05) is 0 Å². The van der Waals surface area contributed by atoms with Crippen molar-refractivity contribution in [1.29, 1.82) is 0 Å². The van der Waals surface area contributed by atoms with E-state index in [-0.39, 0.29) is 13.2 Å². The Labute approximate surface area is 106 Å². The first-order valence-corrected chi connectivity index (χ1v) is 5.77. The second-order valence-corrected chi connectivity index (χ2v) is 4.53. The molecule has 1 N–H and O–H groups in total. The lowest BCUT2D eigenvalue weighted by Gasteiger charge is -2.34. The second-order valence-electron chi connectivity index (χ2n) is 4.53. The summed E-state index contributed by atoms with van der Waals surface area (Å²) >= 11 is 0. The van der Waals surface area contributed by atoms with Gasteiger partial charge in [0.2, 0.25) is 11.8 Å². The number of hydrogen-bond acceptors (Lipinski definition) is 4. The monoisotopic (exact) mass is 254 g/mol. The highest BCUT2D eigenvalue weighted by atomic mass is 16.5. The molecule has 1 rings (SSSR count). The smallest absolute Gasteiger partial charge is 0.330 e. The van der Waals surface area contributed by atoms with Gasteiger partial charge in [0.15, 0.2) is 0 Å². The van der Waals surface area contributed by atoms with Crippen molar-refractivity contribution in [3.8, 4) is 0 Å². The highest BCUT2D eigenvalue weighted by molar-refractivity contribution is 6.18. The molecule has 0 aromatic heterocycles. The van der Waals surface area contributed by atoms with Crippen molar-refractivity contribution in [2.24, 2.45) is 5.41 Å². The van der Waals surface area contributed by atoms with Gasteiger partial charge in [-0.2, -0.15) is 0 Å². The number of amides is 4. The molecule has 0 aromatic carbocycles. The molecule has 0 atom stereocenters. The van der Waals surface area contributed by atoms with E-state index in [9.17, 15) is 14.4 Å². The number of carbonyl (C=O) groups excluding carboxylic acids is 3. The van der Waals surface area contributed by atoms with E-state index in [1.165, 1.54) is 13.8 Å². The SMILES string of the molecule is C=CCCOCCN1C(=O)NC(=O)C(C)(C)C1=O. The highest BCUT2D eigenvalue weighted by Gasteiger charge is 2.46. The maximum absolute atomic E-state index is 12.0. The van der Waals surface area contributed by atoms with Crippen LogP contribution in [0.1, 0.15) is 20.3 Å². The van der Waals surface area contributed by atoms with Gasteiger partial charge in [0.1, 0.15) is 5.41 Å². The Balaban J connectivity index is 2.54. The minimum Gasteiger partial charge on any atom is -0.379 e. The predicted octanol–water partition coefficient (Wildman–Crippen LogP) is 0.684. The van der Waals surface area contributed by atoms with Gasteiger partial charge in [-0.15, -0.1) is 6.58 Å². The zero-order valence-corrected chi connectivity index (χ0v) is 10.7. The Kier molecular flexibility index (Phi) is 4.61. The van der Waals surface area contributed by atoms with Gasteiger partial charge in [0.05, 0.1) is 19.8 Å². The molecule has 0 unspecified atom stereocenters. The van der Waals surface area contributed by atoms with Crippen molar-refractivity contribution in [3.63, 3.8) is 0 Å². The summed E-state index contributed by atoms with van der Waals surface area (Å²) in [6.45, 7) is 7.41. The quantitative estimate of drug-likeness (QED) is 0.430. The molecular formula is C12H18N2O4. The zero-order chi connectivity index (χ0) is 13.8. The molecule has 0 bridgehead atoms. The standard InChI is InChI=1S/C12H18N2O4/c1-4-5-7-18-8-6-14-10(16)12(2,3)9(15)13-11(14)17/h4H,1,5-8H2,2-3H3,(H,13,15,17). The summed E-state index contributed by atoms with van der Waals surface area (Å²) in [5.74, 6) is -1.06. The van der Waals surface area contributed by atoms with Crippen LogP contribution in [0.2, 0.25) is 0 Å². The van der Waals surface area contributed by atoms with Gasteiger partial charge in [-0.1, -0.05) is 6.08 Å². The van der Waals surface area contributed by atoms with Gasteiger partial charge in [-0.3, -0.25) is 19.8 Å². The number of nitrogens with zero attached hydrogens (tertiary/aromatic N) is 1. The highest BCUT2D eigenvalue weighted by Crippen LogP contribution is 2.22. The van der Waals surface area contributed by atoms with Gasteiger partial charge >= 0.3 is 6.03 Å². The lowest BCUT2D eigenvalue weighted by molar-refractivity contribution is -0.149. The average Bonchev–Trinajstić information content (AvgIpc) is 2.31. The van der Waals surface area contributed by atoms with Crippen LogP contribution in [0.15, 0.2) is 12.7 Å². The van der Waals surface area contributed by atoms with Crippen LogP contribution < -0.4 is 5.32 Å². The molecule has 1 fully saturated rings. The molecule has 6 nitrogen and oxygen atoms in total. The average molecular weight is 254 g/mol. The minimum atomic E-state index is -1.21. The van der Waals surface area contributed by atoms with Gasteiger partial charge in [0.25, 0.3) is 0 Å². The topological polar surface area (TPSA) is 75.7 Å². The fourth-order valence-electron chi connectivity index (χ4n) is 1.48. The van der Waals surface area contributed by atoms with Crippen LogP contribution in [0.3, 0.4) is 0 Å². The van der Waals surface area contributed by atoms with Gasteiger partial charge in [-0.05, 0) is 20.3 Å². The van der Waals surface area contributed by atoms with Crippen LogP contribution in [0, 0.1) is 5.41 Å². The van der Waals surface area contributed by atoms with Crippen LogP contribution in [0.25, 0.3) is 0 Å². The van der Waals surface area contributed by atoms with E-state index in [1.54, 1.807) is 6.08 Å². The molecule has 6 heteroatoms. The van der Waals surface area contributed by atoms with E-state index in [1.807, 2.05) is 0 Å². The summed E-state index contributed by atoms with van der Waals surface area (Å²) in [4.78, 5) is 36.0. The van der Waals surface area contributed by atoms with E-state index < -0.39 is 23.3 Å². The molecule has 1 heterocycles. The fourth-order valence-corrected chi connectivity index (χ4v) is 1.48. The summed E-state index contributed by atoms with van der Waals surface area (Å²) in [6.07, 6.45) is 2.44. The normalized spacial score (nSPS) is 18.8. The van der Waals surface area contributed by atoms with Crippen molar-refractivity contribution >= 4 is 17.8 Å². The zero-order valence-electron chi connectivity index (χ0n) is 10.7. The van der Waals surface area contributed by atoms with Crippen LogP contribution in [-0.2, 0) is 14.3 Å². The maximum atomic E-state index is 12.0. The molecule has 1 aliphatic rings. The minimum absolute atomic E-state index is 0.137. The number of rotatable bonds is 6. The molecule has 18 heavy (non-hydrogen) atoms. The van der Waals surface area contributed by atoms with Crippen LogP contribution in [0.5, 0.6) is 0 Å². The first-order valence-electron chi connectivity index (χ1n) is 5.77. The second kappa shape index (κ2) is 5.77. The maximum Gasteiger partial charge on any atom is 0.330 e. The van der Waals surface area contributed by atoms with E-state index in [4.69, 9.17) is 4.74 Å². The lowest BCUT2D eigenvalue weighted by atomic mass is 9.89. The van der Waals surface area contributed by atoms with Crippen molar-refractivity contribution in [3.05, 3.63) is 12.7 Å². The molecule has 0 spiro atoms. The molecule has 0 saturated carbocycles. The Bertz CT molecular complexity index is 376. The summed E-state index contributed by atoms with van der Waals surface area (Å²) in [7, 11) is 0. The largest absolute Gasteiger partial charge is 0.379 e. The predicted molar refractivity (Wildman–Crippen MR) is 64.7 cm³/mol. The van der Waals surface area contributed by atoms with Crippen molar-refractivity contribution < 1.29 is 19.1 Å². The number of hydrogen-bond donors (Lipinski definition) is 1. The third-order valence-corrected chi connectivity index (χ3v) is 2.74. The molecule has 1 aliphatic heterocycles. The van der Waals surface area contributed by atoms with Gasteiger partial charge < -0.3 is 4.74 Å². The molecule has 0 aromatic rings. The van der Waals surface area contributed by atoms with E-state index >= 15 is 0 Å². The number of imide groups is 2. The van der Waals surface area contributed by atoms with Crippen LogP contribution >= 0.6 is 0 Å². The summed E-state index contributed by atoms with van der Waals surface area (Å²) in [6, 6.07) is -0.684. The first-order chi connectivity index (χ1) is 8.41. The molecule has 100 valence electrons. The van der Waals surface area contributed by atoms with E-state index in [2.05, 4.69) is 11.9 Å². The Morgan fingerprint density at radius 1 is 1.33 bits per heavy atom. The number of nitrogens with one attached hydrogen (secondary N) is 1. The van der Waals surface area contributed by atoms with E-state index in [0.717, 1.165) is 4.90 Å². The van der Waals surface area contributed by atoms with Crippen molar-refractivity contribution in [2.45, 2.75) is 20.3 Å². The first kappa shape index (κ1) is 14.4. The Hall–Kier alpha value is -1.69. The molecule has 0 radical (unpaired) electrons. The lowest BCUT2D eigenvalue weighted by Crippen LogP contribution is -2.62. The van der Waals surface area contributed by atoms with Crippen molar-refractivity contribution in [2.75, 3.05) is 19.8 Å². The summed E-state index contributed by atoms with van der Waals surface area (Å²) in [5.41, 5.74) is -1.21.